The topological polar surface area (TPSA) is 46.3 Å². The second kappa shape index (κ2) is 6.60. The van der Waals surface area contributed by atoms with Gasteiger partial charge in [-0.1, -0.05) is 31.4 Å². The Hall–Kier alpha value is -1.51. The minimum Gasteiger partial charge on any atom is -0.399 e. The fourth-order valence-electron chi connectivity index (χ4n) is 2.85. The van der Waals surface area contributed by atoms with Crippen LogP contribution in [0.4, 0.5) is 5.69 Å². The molecule has 3 heteroatoms. The molecule has 0 aromatic heterocycles. The van der Waals surface area contributed by atoms with Crippen LogP contribution in [-0.4, -0.2) is 17.9 Å². The van der Waals surface area contributed by atoms with Gasteiger partial charge in [0.25, 0.3) is 0 Å². The summed E-state index contributed by atoms with van der Waals surface area (Å²) < 4.78 is 0. The number of carbonyl (C=O) groups is 1. The Balaban J connectivity index is 1.84. The molecular formula is C16H24N2O. The van der Waals surface area contributed by atoms with Gasteiger partial charge in [-0.2, -0.15) is 0 Å². The van der Waals surface area contributed by atoms with Gasteiger partial charge in [0.05, 0.1) is 0 Å². The molecule has 2 rings (SSSR count). The summed E-state index contributed by atoms with van der Waals surface area (Å²) in [7, 11) is 1.88. The van der Waals surface area contributed by atoms with E-state index in [4.69, 9.17) is 5.73 Å². The molecule has 104 valence electrons. The van der Waals surface area contributed by atoms with E-state index in [9.17, 15) is 4.79 Å². The lowest BCUT2D eigenvalue weighted by molar-refractivity contribution is -0.131. The van der Waals surface area contributed by atoms with Gasteiger partial charge in [-0.15, -0.1) is 0 Å². The Bertz CT molecular complexity index is 425. The maximum absolute atomic E-state index is 12.2. The lowest BCUT2D eigenvalue weighted by atomic mass is 9.86. The standard InChI is InChI=1S/C16H24N2O/c1-18(12-14-8-5-9-15(17)10-14)16(19)11-13-6-3-2-4-7-13/h5,8-10,13H,2-4,6-7,11-12,17H2,1H3. The van der Waals surface area contributed by atoms with Gasteiger partial charge in [0.2, 0.25) is 5.91 Å². The van der Waals surface area contributed by atoms with Crippen molar-refractivity contribution in [1.29, 1.82) is 0 Å². The van der Waals surface area contributed by atoms with Crippen LogP contribution >= 0.6 is 0 Å². The number of hydrogen-bond donors (Lipinski definition) is 1. The number of nitrogen functional groups attached to an aromatic ring is 1. The fourth-order valence-corrected chi connectivity index (χ4v) is 2.85. The Kier molecular flexibility index (Phi) is 4.83. The molecule has 0 saturated heterocycles. The summed E-state index contributed by atoms with van der Waals surface area (Å²) in [6, 6.07) is 7.75. The minimum atomic E-state index is 0.259. The van der Waals surface area contributed by atoms with Crippen molar-refractivity contribution < 1.29 is 4.79 Å². The SMILES string of the molecule is CN(Cc1cccc(N)c1)C(=O)CC1CCCCC1. The molecule has 1 amide bonds. The Morgan fingerprint density at radius 3 is 2.74 bits per heavy atom. The summed E-state index contributed by atoms with van der Waals surface area (Å²) in [5, 5.41) is 0. The number of nitrogens with zero attached hydrogens (tertiary/aromatic N) is 1. The molecule has 1 aromatic rings. The average Bonchev–Trinajstić information content (AvgIpc) is 2.40. The highest BCUT2D eigenvalue weighted by Crippen LogP contribution is 2.26. The number of nitrogens with two attached hydrogens (primary N) is 1. The number of carbonyl (C=O) groups excluding carboxylic acids is 1. The van der Waals surface area contributed by atoms with Crippen LogP contribution in [0, 0.1) is 5.92 Å². The van der Waals surface area contributed by atoms with E-state index in [0.29, 0.717) is 18.9 Å². The first-order chi connectivity index (χ1) is 9.15. The Morgan fingerprint density at radius 1 is 1.32 bits per heavy atom. The van der Waals surface area contributed by atoms with Crippen molar-refractivity contribution in [2.24, 2.45) is 5.92 Å². The zero-order valence-corrected chi connectivity index (χ0v) is 11.8. The van der Waals surface area contributed by atoms with Crippen LogP contribution in [0.25, 0.3) is 0 Å². The first-order valence-corrected chi connectivity index (χ1v) is 7.23. The third-order valence-electron chi connectivity index (χ3n) is 3.98. The zero-order valence-electron chi connectivity index (χ0n) is 11.8. The summed E-state index contributed by atoms with van der Waals surface area (Å²) in [5.41, 5.74) is 7.61. The highest BCUT2D eigenvalue weighted by molar-refractivity contribution is 5.76. The molecule has 1 aliphatic rings. The molecule has 0 aliphatic heterocycles. The number of amides is 1. The van der Waals surface area contributed by atoms with E-state index in [2.05, 4.69) is 0 Å². The molecule has 0 radical (unpaired) electrons. The summed E-state index contributed by atoms with van der Waals surface area (Å²) >= 11 is 0. The third-order valence-corrected chi connectivity index (χ3v) is 3.98. The molecular weight excluding hydrogens is 236 g/mol. The number of benzene rings is 1. The van der Waals surface area contributed by atoms with Crippen LogP contribution in [-0.2, 0) is 11.3 Å². The Labute approximate surface area is 115 Å². The van der Waals surface area contributed by atoms with E-state index in [0.717, 1.165) is 11.3 Å². The van der Waals surface area contributed by atoms with Crippen LogP contribution in [0.1, 0.15) is 44.1 Å². The highest BCUT2D eigenvalue weighted by atomic mass is 16.2. The van der Waals surface area contributed by atoms with E-state index < -0.39 is 0 Å². The zero-order chi connectivity index (χ0) is 13.7. The Morgan fingerprint density at radius 2 is 2.05 bits per heavy atom. The molecule has 1 aliphatic carbocycles. The smallest absolute Gasteiger partial charge is 0.222 e. The van der Waals surface area contributed by atoms with E-state index in [-0.39, 0.29) is 5.91 Å². The summed E-state index contributed by atoms with van der Waals surface area (Å²) in [6.45, 7) is 0.649. The number of hydrogen-bond acceptors (Lipinski definition) is 2. The van der Waals surface area contributed by atoms with Gasteiger partial charge >= 0.3 is 0 Å². The quantitative estimate of drug-likeness (QED) is 0.845. The van der Waals surface area contributed by atoms with Crippen molar-refractivity contribution in [2.75, 3.05) is 12.8 Å². The van der Waals surface area contributed by atoms with Crippen molar-refractivity contribution in [3.8, 4) is 0 Å². The highest BCUT2D eigenvalue weighted by Gasteiger charge is 2.19. The maximum Gasteiger partial charge on any atom is 0.222 e. The van der Waals surface area contributed by atoms with Crippen LogP contribution in [0.5, 0.6) is 0 Å². The summed E-state index contributed by atoms with van der Waals surface area (Å²) in [5.74, 6) is 0.860. The van der Waals surface area contributed by atoms with E-state index in [1.54, 1.807) is 0 Å². The lowest BCUT2D eigenvalue weighted by Crippen LogP contribution is -2.28. The van der Waals surface area contributed by atoms with Gasteiger partial charge in [0, 0.05) is 25.7 Å². The second-order valence-corrected chi connectivity index (χ2v) is 5.70. The molecule has 1 saturated carbocycles. The molecule has 0 atom stereocenters. The minimum absolute atomic E-state index is 0.259. The maximum atomic E-state index is 12.2. The number of rotatable bonds is 4. The average molecular weight is 260 g/mol. The van der Waals surface area contributed by atoms with Crippen molar-refractivity contribution >= 4 is 11.6 Å². The van der Waals surface area contributed by atoms with Crippen LogP contribution in [0.15, 0.2) is 24.3 Å². The predicted octanol–water partition coefficient (Wildman–Crippen LogP) is 3.20. The van der Waals surface area contributed by atoms with E-state index in [1.165, 1.54) is 32.1 Å². The van der Waals surface area contributed by atoms with E-state index >= 15 is 0 Å². The molecule has 19 heavy (non-hydrogen) atoms. The van der Waals surface area contributed by atoms with Crippen molar-refractivity contribution in [2.45, 2.75) is 45.1 Å². The molecule has 0 spiro atoms. The van der Waals surface area contributed by atoms with Crippen molar-refractivity contribution in [1.82, 2.24) is 4.90 Å². The van der Waals surface area contributed by atoms with Gasteiger partial charge in [0.1, 0.15) is 0 Å². The first-order valence-electron chi connectivity index (χ1n) is 7.23. The molecule has 0 heterocycles. The monoisotopic (exact) mass is 260 g/mol. The second-order valence-electron chi connectivity index (χ2n) is 5.70. The predicted molar refractivity (Wildman–Crippen MR) is 78.5 cm³/mol. The van der Waals surface area contributed by atoms with Crippen LogP contribution in [0.2, 0.25) is 0 Å². The molecule has 3 nitrogen and oxygen atoms in total. The van der Waals surface area contributed by atoms with Crippen LogP contribution in [0.3, 0.4) is 0 Å². The molecule has 0 unspecified atom stereocenters. The lowest BCUT2D eigenvalue weighted by Gasteiger charge is -2.24. The van der Waals surface area contributed by atoms with Crippen molar-refractivity contribution in [3.05, 3.63) is 29.8 Å². The van der Waals surface area contributed by atoms with Gasteiger partial charge in [-0.05, 0) is 36.5 Å². The normalized spacial score (nSPS) is 16.3. The summed E-state index contributed by atoms with van der Waals surface area (Å²) in [6.07, 6.45) is 7.06. The first kappa shape index (κ1) is 13.9. The van der Waals surface area contributed by atoms with Crippen LogP contribution < -0.4 is 5.73 Å². The molecule has 1 aromatic carbocycles. The van der Waals surface area contributed by atoms with Crippen molar-refractivity contribution in [3.63, 3.8) is 0 Å². The molecule has 2 N–H and O–H groups in total. The van der Waals surface area contributed by atoms with Gasteiger partial charge < -0.3 is 10.6 Å². The molecule has 0 bridgehead atoms. The number of anilines is 1. The third kappa shape index (κ3) is 4.27. The fraction of sp³-hybridized carbons (Fsp3) is 0.562. The largest absolute Gasteiger partial charge is 0.399 e. The summed E-state index contributed by atoms with van der Waals surface area (Å²) in [4.78, 5) is 14.0. The van der Waals surface area contributed by atoms with Gasteiger partial charge in [-0.3, -0.25) is 4.79 Å². The van der Waals surface area contributed by atoms with Gasteiger partial charge in [-0.25, -0.2) is 0 Å². The van der Waals surface area contributed by atoms with Gasteiger partial charge in [0.15, 0.2) is 0 Å². The van der Waals surface area contributed by atoms with E-state index in [1.807, 2.05) is 36.2 Å². The molecule has 1 fully saturated rings.